The number of nitrogens with zero attached hydrogens (tertiary/aromatic N) is 3. The minimum atomic E-state index is -3.67. The van der Waals surface area contributed by atoms with Crippen molar-refractivity contribution in [1.29, 1.82) is 0 Å². The Labute approximate surface area is 198 Å². The number of hydrogen-bond acceptors (Lipinski definition) is 7. The summed E-state index contributed by atoms with van der Waals surface area (Å²) < 4.78 is 39.1. The molecule has 0 saturated carbocycles. The van der Waals surface area contributed by atoms with Crippen molar-refractivity contribution in [2.24, 2.45) is 4.99 Å². The SMILES string of the molecule is COC(=O)Cn1c(=NC(=O)c2ccc(S(=O)(=O)N3CCOCC3)cc2)sc2cccc(Cl)c21. The summed E-state index contributed by atoms with van der Waals surface area (Å²) >= 11 is 7.53. The lowest BCUT2D eigenvalue weighted by Crippen LogP contribution is -2.40. The van der Waals surface area contributed by atoms with E-state index < -0.39 is 21.9 Å². The number of ether oxygens (including phenoxy) is 2. The van der Waals surface area contributed by atoms with E-state index in [-0.39, 0.29) is 34.9 Å². The van der Waals surface area contributed by atoms with Gasteiger partial charge in [0.15, 0.2) is 4.80 Å². The zero-order chi connectivity index (χ0) is 23.6. The second kappa shape index (κ2) is 9.74. The Morgan fingerprint density at radius 3 is 2.52 bits per heavy atom. The largest absolute Gasteiger partial charge is 0.468 e. The van der Waals surface area contributed by atoms with Crippen LogP contribution in [0.1, 0.15) is 10.4 Å². The molecule has 0 aliphatic carbocycles. The third kappa shape index (κ3) is 4.87. The van der Waals surface area contributed by atoms with Gasteiger partial charge < -0.3 is 14.0 Å². The van der Waals surface area contributed by atoms with Gasteiger partial charge in [-0.05, 0) is 36.4 Å². The van der Waals surface area contributed by atoms with Crippen molar-refractivity contribution >= 4 is 55.1 Å². The molecule has 0 atom stereocenters. The lowest BCUT2D eigenvalue weighted by molar-refractivity contribution is -0.141. The number of halogens is 1. The highest BCUT2D eigenvalue weighted by atomic mass is 35.5. The van der Waals surface area contributed by atoms with E-state index in [0.29, 0.717) is 23.8 Å². The first kappa shape index (κ1) is 23.6. The average molecular weight is 510 g/mol. The molecule has 4 rings (SSSR count). The van der Waals surface area contributed by atoms with Crippen molar-refractivity contribution in [1.82, 2.24) is 8.87 Å². The predicted octanol–water partition coefficient (Wildman–Crippen LogP) is 2.29. The van der Waals surface area contributed by atoms with Crippen LogP contribution in [-0.4, -0.2) is 62.6 Å². The standard InChI is InChI=1S/C21H20ClN3O6S2/c1-30-18(26)13-25-19-16(22)3-2-4-17(19)32-21(25)23-20(27)14-5-7-15(8-6-14)33(28,29)24-9-11-31-12-10-24/h2-8H,9-13H2,1H3. The maximum atomic E-state index is 12.8. The van der Waals surface area contributed by atoms with Gasteiger partial charge in [-0.25, -0.2) is 8.42 Å². The lowest BCUT2D eigenvalue weighted by Gasteiger charge is -2.26. The third-order valence-electron chi connectivity index (χ3n) is 5.07. The number of sulfonamides is 1. The van der Waals surface area contributed by atoms with Gasteiger partial charge in [-0.2, -0.15) is 9.30 Å². The molecular weight excluding hydrogens is 490 g/mol. The summed E-state index contributed by atoms with van der Waals surface area (Å²) in [4.78, 5) is 29.3. The maximum Gasteiger partial charge on any atom is 0.325 e. The molecule has 1 amide bonds. The number of carbonyl (C=O) groups is 2. The Hall–Kier alpha value is -2.57. The lowest BCUT2D eigenvalue weighted by atomic mass is 10.2. The van der Waals surface area contributed by atoms with Gasteiger partial charge in [0, 0.05) is 18.7 Å². The van der Waals surface area contributed by atoms with Crippen LogP contribution in [0.15, 0.2) is 52.4 Å². The molecule has 174 valence electrons. The summed E-state index contributed by atoms with van der Waals surface area (Å²) in [5.74, 6) is -1.09. The zero-order valence-electron chi connectivity index (χ0n) is 17.6. The normalized spacial score (nSPS) is 15.6. The topological polar surface area (TPSA) is 107 Å². The molecule has 9 nitrogen and oxygen atoms in total. The van der Waals surface area contributed by atoms with E-state index in [2.05, 4.69) is 4.99 Å². The number of aromatic nitrogens is 1. The monoisotopic (exact) mass is 509 g/mol. The van der Waals surface area contributed by atoms with Crippen LogP contribution in [0, 0.1) is 0 Å². The summed E-state index contributed by atoms with van der Waals surface area (Å²) in [7, 11) is -2.39. The first-order valence-corrected chi connectivity index (χ1v) is 12.6. The Morgan fingerprint density at radius 2 is 1.85 bits per heavy atom. The van der Waals surface area contributed by atoms with Gasteiger partial charge in [0.2, 0.25) is 10.0 Å². The van der Waals surface area contributed by atoms with Crippen LogP contribution in [0.25, 0.3) is 10.2 Å². The summed E-state index contributed by atoms with van der Waals surface area (Å²) in [5, 5.41) is 0.416. The van der Waals surface area contributed by atoms with Crippen LogP contribution >= 0.6 is 22.9 Å². The van der Waals surface area contributed by atoms with Gasteiger partial charge in [0.05, 0.1) is 40.5 Å². The predicted molar refractivity (Wildman–Crippen MR) is 123 cm³/mol. The first-order chi connectivity index (χ1) is 15.8. The molecule has 1 saturated heterocycles. The van der Waals surface area contributed by atoms with Crippen molar-refractivity contribution in [3.63, 3.8) is 0 Å². The minimum absolute atomic E-state index is 0.0929. The fourth-order valence-corrected chi connectivity index (χ4v) is 6.16. The molecule has 1 aliphatic heterocycles. The molecule has 0 radical (unpaired) electrons. The Balaban J connectivity index is 1.68. The number of para-hydroxylation sites is 1. The number of hydrogen-bond donors (Lipinski definition) is 0. The number of esters is 1. The second-order valence-electron chi connectivity index (χ2n) is 7.09. The first-order valence-electron chi connectivity index (χ1n) is 9.93. The van der Waals surface area contributed by atoms with Gasteiger partial charge in [0.25, 0.3) is 5.91 Å². The molecular formula is C21H20ClN3O6S2. The average Bonchev–Trinajstić information content (AvgIpc) is 3.17. The number of thiazole rings is 1. The van der Waals surface area contributed by atoms with Crippen LogP contribution in [0.4, 0.5) is 0 Å². The highest BCUT2D eigenvalue weighted by molar-refractivity contribution is 7.89. The van der Waals surface area contributed by atoms with Crippen molar-refractivity contribution < 1.29 is 27.5 Å². The third-order valence-corrected chi connectivity index (χ3v) is 8.33. The Bertz CT molecular complexity index is 1370. The summed E-state index contributed by atoms with van der Waals surface area (Å²) in [5.41, 5.74) is 0.789. The highest BCUT2D eigenvalue weighted by Crippen LogP contribution is 2.25. The van der Waals surface area contributed by atoms with E-state index in [1.807, 2.05) is 6.07 Å². The van der Waals surface area contributed by atoms with Crippen molar-refractivity contribution in [2.75, 3.05) is 33.4 Å². The highest BCUT2D eigenvalue weighted by Gasteiger charge is 2.26. The molecule has 3 aromatic rings. The van der Waals surface area contributed by atoms with Gasteiger partial charge in [-0.15, -0.1) is 0 Å². The van der Waals surface area contributed by atoms with Crippen LogP contribution in [0.3, 0.4) is 0 Å². The summed E-state index contributed by atoms with van der Waals surface area (Å²) in [6, 6.07) is 10.9. The van der Waals surface area contributed by atoms with Gasteiger partial charge >= 0.3 is 5.97 Å². The van der Waals surface area contributed by atoms with E-state index in [0.717, 1.165) is 4.70 Å². The molecule has 0 bridgehead atoms. The molecule has 0 unspecified atom stereocenters. The molecule has 1 fully saturated rings. The smallest absolute Gasteiger partial charge is 0.325 e. The van der Waals surface area contributed by atoms with E-state index >= 15 is 0 Å². The van der Waals surface area contributed by atoms with Crippen LogP contribution < -0.4 is 4.80 Å². The molecule has 2 heterocycles. The number of rotatable bonds is 5. The molecule has 2 aromatic carbocycles. The molecule has 33 heavy (non-hydrogen) atoms. The molecule has 1 aliphatic rings. The number of benzene rings is 2. The molecule has 12 heteroatoms. The fraction of sp³-hybridized carbons (Fsp3) is 0.286. The summed E-state index contributed by atoms with van der Waals surface area (Å²) in [6.45, 7) is 1.10. The Kier molecular flexibility index (Phi) is 6.96. The maximum absolute atomic E-state index is 12.8. The van der Waals surface area contributed by atoms with Gasteiger partial charge in [-0.1, -0.05) is 29.0 Å². The van der Waals surface area contributed by atoms with E-state index in [9.17, 15) is 18.0 Å². The van der Waals surface area contributed by atoms with Gasteiger partial charge in [0.1, 0.15) is 6.54 Å². The van der Waals surface area contributed by atoms with Crippen LogP contribution in [0.5, 0.6) is 0 Å². The molecule has 0 N–H and O–H groups in total. The second-order valence-corrected chi connectivity index (χ2v) is 10.4. The van der Waals surface area contributed by atoms with E-state index in [1.54, 1.807) is 12.1 Å². The van der Waals surface area contributed by atoms with Crippen molar-refractivity contribution in [3.05, 3.63) is 57.9 Å². The Morgan fingerprint density at radius 1 is 1.15 bits per heavy atom. The number of methoxy groups -OCH3 is 1. The van der Waals surface area contributed by atoms with Crippen LogP contribution in [0.2, 0.25) is 5.02 Å². The number of carbonyl (C=O) groups excluding carboxylic acids is 2. The van der Waals surface area contributed by atoms with E-state index in [1.165, 1.54) is 51.6 Å². The van der Waals surface area contributed by atoms with Crippen molar-refractivity contribution in [3.8, 4) is 0 Å². The summed E-state index contributed by atoms with van der Waals surface area (Å²) in [6.07, 6.45) is 0. The number of morpholine rings is 1. The molecule has 1 aromatic heterocycles. The number of amides is 1. The van der Waals surface area contributed by atoms with E-state index in [4.69, 9.17) is 21.1 Å². The minimum Gasteiger partial charge on any atom is -0.468 e. The van der Waals surface area contributed by atoms with Crippen molar-refractivity contribution in [2.45, 2.75) is 11.4 Å². The quantitative estimate of drug-likeness (QED) is 0.488. The fourth-order valence-electron chi connectivity index (χ4n) is 3.37. The molecule has 0 spiro atoms. The number of fused-ring (bicyclic) bond motifs is 1. The van der Waals surface area contributed by atoms with Gasteiger partial charge in [-0.3, -0.25) is 9.59 Å². The van der Waals surface area contributed by atoms with Crippen LogP contribution in [-0.2, 0) is 30.8 Å². The zero-order valence-corrected chi connectivity index (χ0v) is 20.0.